The lowest BCUT2D eigenvalue weighted by molar-refractivity contribution is -0.0353. The third-order valence-corrected chi connectivity index (χ3v) is 9.74. The summed E-state index contributed by atoms with van der Waals surface area (Å²) in [5, 5.41) is 8.06. The van der Waals surface area contributed by atoms with E-state index < -0.39 is 5.82 Å². The van der Waals surface area contributed by atoms with Gasteiger partial charge in [-0.05, 0) is 75.0 Å². The zero-order valence-corrected chi connectivity index (χ0v) is 28.2. The molecule has 48 heavy (non-hydrogen) atoms. The second-order valence-corrected chi connectivity index (χ2v) is 13.7. The van der Waals surface area contributed by atoms with Crippen LogP contribution in [0.15, 0.2) is 60.8 Å². The number of aromatic nitrogens is 4. The highest BCUT2D eigenvalue weighted by atomic mass is 35.5. The first-order chi connectivity index (χ1) is 23.2. The van der Waals surface area contributed by atoms with E-state index in [1.807, 2.05) is 39.1 Å². The number of nitrogens with zero attached hydrogens (tertiary/aromatic N) is 7. The number of amides is 1. The summed E-state index contributed by atoms with van der Waals surface area (Å²) in [4.78, 5) is 28.6. The maximum atomic E-state index is 14.3. The minimum Gasteiger partial charge on any atom is -0.490 e. The van der Waals surface area contributed by atoms with Crippen molar-refractivity contribution in [2.45, 2.75) is 65.3 Å². The fourth-order valence-electron chi connectivity index (χ4n) is 7.22. The minimum absolute atomic E-state index is 0.00994. The van der Waals surface area contributed by atoms with Gasteiger partial charge in [0, 0.05) is 74.6 Å². The van der Waals surface area contributed by atoms with E-state index in [4.69, 9.17) is 21.1 Å². The molecule has 1 aliphatic carbocycles. The number of ether oxygens (including phenoxy) is 2. The molecule has 2 aliphatic heterocycles. The molecule has 4 heterocycles. The van der Waals surface area contributed by atoms with Crippen molar-refractivity contribution in [3.05, 3.63) is 94.3 Å². The quantitative estimate of drug-likeness (QED) is 0.192. The number of rotatable bonds is 10. The Labute approximate surface area is 284 Å². The fourth-order valence-corrected chi connectivity index (χ4v) is 7.33. The summed E-state index contributed by atoms with van der Waals surface area (Å²) >= 11 is 6.18. The molecule has 4 aromatic rings. The predicted molar refractivity (Wildman–Crippen MR) is 180 cm³/mol. The van der Waals surface area contributed by atoms with Crippen molar-refractivity contribution >= 4 is 23.3 Å². The third kappa shape index (κ3) is 6.53. The van der Waals surface area contributed by atoms with Crippen LogP contribution in [0.2, 0.25) is 5.28 Å². The van der Waals surface area contributed by atoms with Gasteiger partial charge in [0.15, 0.2) is 5.82 Å². The van der Waals surface area contributed by atoms with Gasteiger partial charge in [-0.1, -0.05) is 30.3 Å². The molecule has 2 aromatic heterocycles. The van der Waals surface area contributed by atoms with Crippen molar-refractivity contribution in [3.8, 4) is 17.4 Å². The van der Waals surface area contributed by atoms with Crippen LogP contribution >= 0.6 is 11.6 Å². The highest BCUT2D eigenvalue weighted by Gasteiger charge is 2.54. The van der Waals surface area contributed by atoms with Crippen LogP contribution in [0.4, 0.5) is 10.2 Å². The molecule has 1 amide bonds. The van der Waals surface area contributed by atoms with Crippen molar-refractivity contribution in [2.75, 3.05) is 31.1 Å². The summed E-state index contributed by atoms with van der Waals surface area (Å²) in [6.07, 6.45) is 4.70. The van der Waals surface area contributed by atoms with Crippen molar-refractivity contribution in [2.24, 2.45) is 5.41 Å². The molecule has 0 bridgehead atoms. The summed E-state index contributed by atoms with van der Waals surface area (Å²) < 4.78 is 27.0. The normalized spacial score (nSPS) is 17.1. The molecule has 2 aromatic carbocycles. The van der Waals surface area contributed by atoms with E-state index in [-0.39, 0.29) is 45.9 Å². The van der Waals surface area contributed by atoms with Crippen LogP contribution in [-0.2, 0) is 19.5 Å². The summed E-state index contributed by atoms with van der Waals surface area (Å²) in [6.45, 7) is 10.3. The van der Waals surface area contributed by atoms with E-state index >= 15 is 0 Å². The Morgan fingerprint density at radius 1 is 1.10 bits per heavy atom. The first kappa shape index (κ1) is 32.2. The van der Waals surface area contributed by atoms with Gasteiger partial charge in [-0.15, -0.1) is 10.2 Å². The van der Waals surface area contributed by atoms with Crippen LogP contribution in [0, 0.1) is 11.2 Å². The zero-order chi connectivity index (χ0) is 33.4. The van der Waals surface area contributed by atoms with E-state index in [1.54, 1.807) is 4.90 Å². The number of hydrogen-bond donors (Lipinski definition) is 0. The molecular weight excluding hydrogens is 633 g/mol. The molecule has 250 valence electrons. The average Bonchev–Trinajstić information content (AvgIpc) is 3.04. The summed E-state index contributed by atoms with van der Waals surface area (Å²) in [7, 11) is 0. The average molecular weight is 672 g/mol. The Kier molecular flexibility index (Phi) is 8.91. The Bertz CT molecular complexity index is 1800. The standard InChI is InChI=1S/C36H39ClFN7O3/c1-4-45(23(2)3)34(46)27-16-25(38)10-11-30(27)48-33-32(40-35(37)42-41-33)44-21-36(22-44)17-26(18-36)47-31-12-14-39-29-13-15-43(20-28(29)31)19-24-8-6-5-7-9-24/h5-12,14,16,23,26H,4,13,15,17-22H2,1-3H3. The van der Waals surface area contributed by atoms with Crippen LogP contribution in [-0.4, -0.2) is 74.2 Å². The van der Waals surface area contributed by atoms with Crippen molar-refractivity contribution < 1.29 is 18.7 Å². The first-order valence-electron chi connectivity index (χ1n) is 16.5. The summed E-state index contributed by atoms with van der Waals surface area (Å²) in [5.74, 6) is 0.787. The van der Waals surface area contributed by atoms with Gasteiger partial charge in [0.2, 0.25) is 5.28 Å². The molecular formula is C36H39ClFN7O3. The molecule has 0 atom stereocenters. The van der Waals surface area contributed by atoms with Gasteiger partial charge in [0.25, 0.3) is 11.8 Å². The zero-order valence-electron chi connectivity index (χ0n) is 27.4. The largest absolute Gasteiger partial charge is 0.490 e. The highest BCUT2D eigenvalue weighted by Crippen LogP contribution is 2.52. The highest BCUT2D eigenvalue weighted by molar-refractivity contribution is 6.28. The number of benzene rings is 2. The number of halogens is 2. The van der Waals surface area contributed by atoms with E-state index in [0.29, 0.717) is 12.4 Å². The number of anilines is 1. The second kappa shape index (κ2) is 13.3. The molecule has 2 fully saturated rings. The molecule has 0 N–H and O–H groups in total. The summed E-state index contributed by atoms with van der Waals surface area (Å²) in [6, 6.07) is 16.3. The number of pyridine rings is 1. The topological polar surface area (TPSA) is 96.8 Å². The van der Waals surface area contributed by atoms with Gasteiger partial charge in [-0.2, -0.15) is 4.98 Å². The Morgan fingerprint density at radius 2 is 1.90 bits per heavy atom. The lowest BCUT2D eigenvalue weighted by atomic mass is 9.61. The molecule has 12 heteroatoms. The minimum atomic E-state index is -0.533. The number of hydrogen-bond acceptors (Lipinski definition) is 9. The molecule has 3 aliphatic rings. The van der Waals surface area contributed by atoms with Crippen LogP contribution < -0.4 is 14.4 Å². The van der Waals surface area contributed by atoms with E-state index in [9.17, 15) is 9.18 Å². The van der Waals surface area contributed by atoms with E-state index in [1.165, 1.54) is 29.3 Å². The van der Waals surface area contributed by atoms with E-state index in [0.717, 1.165) is 63.4 Å². The van der Waals surface area contributed by atoms with Crippen LogP contribution in [0.25, 0.3) is 0 Å². The monoisotopic (exact) mass is 671 g/mol. The Balaban J connectivity index is 1.01. The number of fused-ring (bicyclic) bond motifs is 1. The molecule has 10 nitrogen and oxygen atoms in total. The van der Waals surface area contributed by atoms with E-state index in [2.05, 4.69) is 54.2 Å². The smallest absolute Gasteiger partial charge is 0.282 e. The van der Waals surface area contributed by atoms with Crippen molar-refractivity contribution in [1.82, 2.24) is 30.0 Å². The van der Waals surface area contributed by atoms with Crippen LogP contribution in [0.3, 0.4) is 0 Å². The van der Waals surface area contributed by atoms with Gasteiger partial charge >= 0.3 is 0 Å². The van der Waals surface area contributed by atoms with Gasteiger partial charge in [0.05, 0.1) is 5.56 Å². The first-order valence-corrected chi connectivity index (χ1v) is 16.9. The maximum absolute atomic E-state index is 14.3. The van der Waals surface area contributed by atoms with Crippen molar-refractivity contribution in [3.63, 3.8) is 0 Å². The fraction of sp³-hybridized carbons (Fsp3) is 0.417. The molecule has 1 spiro atoms. The lowest BCUT2D eigenvalue weighted by Crippen LogP contribution is -2.65. The van der Waals surface area contributed by atoms with Gasteiger partial charge in [0.1, 0.15) is 23.4 Å². The van der Waals surface area contributed by atoms with Gasteiger partial charge in [-0.3, -0.25) is 14.7 Å². The molecule has 0 radical (unpaired) electrons. The molecule has 7 rings (SSSR count). The van der Waals surface area contributed by atoms with Crippen LogP contribution in [0.1, 0.15) is 60.8 Å². The second-order valence-electron chi connectivity index (χ2n) is 13.3. The Morgan fingerprint density at radius 3 is 2.65 bits per heavy atom. The van der Waals surface area contributed by atoms with Crippen molar-refractivity contribution in [1.29, 1.82) is 0 Å². The number of carbonyl (C=O) groups is 1. The molecule has 1 saturated carbocycles. The molecule has 0 unspecified atom stereocenters. The van der Waals surface area contributed by atoms with Gasteiger partial charge in [-0.25, -0.2) is 4.39 Å². The Hall–Kier alpha value is -4.35. The molecule has 1 saturated heterocycles. The predicted octanol–water partition coefficient (Wildman–Crippen LogP) is 6.33. The maximum Gasteiger partial charge on any atom is 0.282 e. The lowest BCUT2D eigenvalue weighted by Gasteiger charge is -2.58. The van der Waals surface area contributed by atoms with Crippen LogP contribution in [0.5, 0.6) is 17.4 Å². The number of carbonyl (C=O) groups excluding carboxylic acids is 1. The third-order valence-electron chi connectivity index (χ3n) is 9.58. The van der Waals surface area contributed by atoms with Gasteiger partial charge < -0.3 is 19.3 Å². The summed E-state index contributed by atoms with van der Waals surface area (Å²) in [5.41, 5.74) is 3.81. The SMILES string of the molecule is CCN(C(=O)c1cc(F)ccc1Oc1nnc(Cl)nc1N1CC2(CC(Oc3ccnc4c3CN(Cc3ccccc3)CC4)C2)C1)C(C)C.